The topological polar surface area (TPSA) is 114 Å². The summed E-state index contributed by atoms with van der Waals surface area (Å²) in [5.74, 6) is 5.59. The summed E-state index contributed by atoms with van der Waals surface area (Å²) in [6, 6.07) is 18.6. The van der Waals surface area contributed by atoms with E-state index in [4.69, 9.17) is 25.7 Å². The van der Waals surface area contributed by atoms with Gasteiger partial charge in [0.25, 0.3) is 0 Å². The molecule has 0 aliphatic heterocycles. The Labute approximate surface area is 204 Å². The highest BCUT2D eigenvalue weighted by atomic mass is 16.5. The summed E-state index contributed by atoms with van der Waals surface area (Å²) in [6.45, 7) is 2.23. The number of hydrogen-bond donors (Lipinski definition) is 2. The lowest BCUT2D eigenvalue weighted by Crippen LogP contribution is -2.08. The van der Waals surface area contributed by atoms with Crippen LogP contribution < -0.4 is 20.9 Å². The molecule has 178 valence electrons. The van der Waals surface area contributed by atoms with Crippen LogP contribution in [0.5, 0.6) is 11.5 Å². The first-order chi connectivity index (χ1) is 16.9. The van der Waals surface area contributed by atoms with Crippen molar-refractivity contribution < 1.29 is 23.8 Å². The minimum absolute atomic E-state index is 0.201. The average Bonchev–Trinajstić information content (AvgIpc) is 2.85. The van der Waals surface area contributed by atoms with Gasteiger partial charge in [-0.3, -0.25) is 0 Å². The molecule has 3 aromatic rings. The highest BCUT2D eigenvalue weighted by molar-refractivity contribution is 5.91. The molecule has 7 heteroatoms. The Hall–Kier alpha value is -4.70. The van der Waals surface area contributed by atoms with Crippen LogP contribution in [0.4, 0.5) is 11.4 Å². The predicted octanol–water partition coefficient (Wildman–Crippen LogP) is 4.27. The molecule has 0 aromatic heterocycles. The van der Waals surface area contributed by atoms with E-state index in [9.17, 15) is 9.59 Å². The molecule has 3 rings (SSSR count). The van der Waals surface area contributed by atoms with Gasteiger partial charge >= 0.3 is 11.9 Å². The van der Waals surface area contributed by atoms with Gasteiger partial charge in [-0.25, -0.2) is 9.59 Å². The third-order valence-corrected chi connectivity index (χ3v) is 4.87. The molecular weight excluding hydrogens is 444 g/mol. The van der Waals surface area contributed by atoms with Gasteiger partial charge in [0.2, 0.25) is 0 Å². The van der Waals surface area contributed by atoms with E-state index < -0.39 is 11.9 Å². The summed E-state index contributed by atoms with van der Waals surface area (Å²) < 4.78 is 16.0. The predicted molar refractivity (Wildman–Crippen MR) is 136 cm³/mol. The summed E-state index contributed by atoms with van der Waals surface area (Å²) in [5.41, 5.74) is 14.7. The number of nitrogen functional groups attached to an aromatic ring is 2. The molecule has 0 bridgehead atoms. The van der Waals surface area contributed by atoms with Crippen molar-refractivity contribution in [2.24, 2.45) is 0 Å². The van der Waals surface area contributed by atoms with Crippen LogP contribution in [0.2, 0.25) is 0 Å². The molecular formula is C28H26N2O5. The van der Waals surface area contributed by atoms with Crippen LogP contribution in [0.3, 0.4) is 0 Å². The van der Waals surface area contributed by atoms with E-state index >= 15 is 0 Å². The van der Waals surface area contributed by atoms with Crippen molar-refractivity contribution in [2.75, 3.05) is 24.7 Å². The maximum atomic E-state index is 12.4. The highest BCUT2D eigenvalue weighted by Crippen LogP contribution is 2.18. The molecule has 0 radical (unpaired) electrons. The van der Waals surface area contributed by atoms with E-state index in [1.165, 1.54) is 6.08 Å². The SMILES string of the molecule is CC#CCOc1ccc(C(=O)Oc2ccc(C=CC(=O)OCCc3ccc(N)cc3N)cc2)cc1. The second kappa shape index (κ2) is 12.5. The number of carbonyl (C=O) groups excluding carboxylic acids is 2. The molecule has 0 saturated carbocycles. The standard InChI is InChI=1S/C28H26N2O5/c1-2-3-17-33-24-13-8-22(9-14-24)28(32)35-25-11-4-20(5-12-25)6-15-27(31)34-18-16-21-7-10-23(29)19-26(21)30/h4-15,19H,16-18,29-30H2,1H3. The Bertz CT molecular complexity index is 1250. The van der Waals surface area contributed by atoms with Crippen molar-refractivity contribution in [1.29, 1.82) is 0 Å². The Balaban J connectivity index is 1.46. The van der Waals surface area contributed by atoms with E-state index in [2.05, 4.69) is 11.8 Å². The third-order valence-electron chi connectivity index (χ3n) is 4.87. The largest absolute Gasteiger partial charge is 0.481 e. The number of hydrogen-bond acceptors (Lipinski definition) is 7. The smallest absolute Gasteiger partial charge is 0.343 e. The maximum absolute atomic E-state index is 12.4. The normalized spacial score (nSPS) is 10.3. The van der Waals surface area contributed by atoms with E-state index in [0.717, 1.165) is 11.1 Å². The molecule has 0 fully saturated rings. The summed E-state index contributed by atoms with van der Waals surface area (Å²) in [7, 11) is 0. The lowest BCUT2D eigenvalue weighted by Gasteiger charge is -2.07. The number of nitrogens with two attached hydrogens (primary N) is 2. The first kappa shape index (κ1) is 24.9. The van der Waals surface area contributed by atoms with Gasteiger partial charge in [-0.2, -0.15) is 0 Å². The minimum Gasteiger partial charge on any atom is -0.481 e. The third kappa shape index (κ3) is 7.98. The number of ether oxygens (including phenoxy) is 3. The Morgan fingerprint density at radius 2 is 1.66 bits per heavy atom. The van der Waals surface area contributed by atoms with Crippen LogP contribution in [0.15, 0.2) is 72.8 Å². The molecule has 7 nitrogen and oxygen atoms in total. The zero-order valence-electron chi connectivity index (χ0n) is 19.3. The number of esters is 2. The van der Waals surface area contributed by atoms with Gasteiger partial charge in [0.05, 0.1) is 12.2 Å². The number of benzene rings is 3. The lowest BCUT2D eigenvalue weighted by molar-refractivity contribution is -0.137. The maximum Gasteiger partial charge on any atom is 0.343 e. The fourth-order valence-electron chi connectivity index (χ4n) is 3.01. The van der Waals surface area contributed by atoms with E-state index in [0.29, 0.717) is 34.9 Å². The quantitative estimate of drug-likeness (QED) is 0.158. The highest BCUT2D eigenvalue weighted by Gasteiger charge is 2.09. The van der Waals surface area contributed by atoms with E-state index in [-0.39, 0.29) is 13.2 Å². The molecule has 0 atom stereocenters. The second-order valence-electron chi connectivity index (χ2n) is 7.41. The molecule has 4 N–H and O–H groups in total. The van der Waals surface area contributed by atoms with E-state index in [1.807, 2.05) is 6.07 Å². The van der Waals surface area contributed by atoms with Crippen LogP contribution in [0.25, 0.3) is 6.08 Å². The summed E-state index contributed by atoms with van der Waals surface area (Å²) in [6.07, 6.45) is 3.45. The average molecular weight is 471 g/mol. The van der Waals surface area contributed by atoms with Crippen molar-refractivity contribution in [3.8, 4) is 23.3 Å². The minimum atomic E-state index is -0.487. The number of carbonyl (C=O) groups is 2. The van der Waals surface area contributed by atoms with Crippen molar-refractivity contribution in [1.82, 2.24) is 0 Å². The molecule has 0 unspecified atom stereocenters. The van der Waals surface area contributed by atoms with Gasteiger partial charge in [-0.05, 0) is 72.7 Å². The zero-order valence-corrected chi connectivity index (χ0v) is 19.3. The second-order valence-corrected chi connectivity index (χ2v) is 7.41. The first-order valence-corrected chi connectivity index (χ1v) is 10.9. The fraction of sp³-hybridized carbons (Fsp3) is 0.143. The molecule has 0 aliphatic rings. The summed E-state index contributed by atoms with van der Waals surface area (Å²) in [5, 5.41) is 0. The fourth-order valence-corrected chi connectivity index (χ4v) is 3.01. The number of rotatable bonds is 9. The Morgan fingerprint density at radius 1 is 0.943 bits per heavy atom. The van der Waals surface area contributed by atoms with Crippen molar-refractivity contribution >= 4 is 29.4 Å². The van der Waals surface area contributed by atoms with E-state index in [1.54, 1.807) is 73.7 Å². The molecule has 0 amide bonds. The Morgan fingerprint density at radius 3 is 2.34 bits per heavy atom. The van der Waals surface area contributed by atoms with Crippen molar-refractivity contribution in [3.63, 3.8) is 0 Å². The number of anilines is 2. The van der Waals surface area contributed by atoms with Gasteiger partial charge in [0, 0.05) is 23.9 Å². The van der Waals surface area contributed by atoms with Gasteiger partial charge in [-0.15, -0.1) is 5.92 Å². The molecule has 3 aromatic carbocycles. The van der Waals surface area contributed by atoms with Gasteiger partial charge in [0.15, 0.2) is 0 Å². The Kier molecular flexibility index (Phi) is 8.92. The molecule has 0 heterocycles. The zero-order chi connectivity index (χ0) is 25.0. The van der Waals surface area contributed by atoms with Crippen molar-refractivity contribution in [2.45, 2.75) is 13.3 Å². The monoisotopic (exact) mass is 470 g/mol. The molecule has 35 heavy (non-hydrogen) atoms. The molecule has 0 aliphatic carbocycles. The first-order valence-electron chi connectivity index (χ1n) is 10.9. The van der Waals surface area contributed by atoms with Crippen LogP contribution in [-0.4, -0.2) is 25.2 Å². The molecule has 0 spiro atoms. The van der Waals surface area contributed by atoms with Crippen LogP contribution >= 0.6 is 0 Å². The van der Waals surface area contributed by atoms with Crippen LogP contribution in [-0.2, 0) is 16.0 Å². The summed E-state index contributed by atoms with van der Waals surface area (Å²) in [4.78, 5) is 24.3. The lowest BCUT2D eigenvalue weighted by atomic mass is 10.1. The van der Waals surface area contributed by atoms with Crippen LogP contribution in [0, 0.1) is 11.8 Å². The van der Waals surface area contributed by atoms with Gasteiger partial charge in [0.1, 0.15) is 18.1 Å². The van der Waals surface area contributed by atoms with Gasteiger partial charge in [-0.1, -0.05) is 24.1 Å². The van der Waals surface area contributed by atoms with Crippen molar-refractivity contribution in [3.05, 3.63) is 89.5 Å². The molecule has 0 saturated heterocycles. The van der Waals surface area contributed by atoms with Gasteiger partial charge < -0.3 is 25.7 Å². The van der Waals surface area contributed by atoms with Crippen LogP contribution in [0.1, 0.15) is 28.4 Å². The summed E-state index contributed by atoms with van der Waals surface area (Å²) >= 11 is 0.